The number of hydroxylamine groups is 2. The Labute approximate surface area is 83.2 Å². The van der Waals surface area contributed by atoms with Crippen molar-refractivity contribution in [3.8, 4) is 0 Å². The minimum atomic E-state index is 0.289. The van der Waals surface area contributed by atoms with Crippen LogP contribution in [0.3, 0.4) is 0 Å². The van der Waals surface area contributed by atoms with Crippen molar-refractivity contribution in [2.75, 3.05) is 13.1 Å². The lowest BCUT2D eigenvalue weighted by molar-refractivity contribution is -0.197. The van der Waals surface area contributed by atoms with Gasteiger partial charge >= 0.3 is 0 Å². The molecule has 0 aliphatic heterocycles. The van der Waals surface area contributed by atoms with Gasteiger partial charge in [0.25, 0.3) is 0 Å². The van der Waals surface area contributed by atoms with Crippen molar-refractivity contribution in [1.82, 2.24) is 5.06 Å². The molecule has 0 fully saturated rings. The zero-order valence-corrected chi connectivity index (χ0v) is 10.0. The summed E-state index contributed by atoms with van der Waals surface area (Å²) in [6, 6.07) is 0. The quantitative estimate of drug-likeness (QED) is 0.593. The summed E-state index contributed by atoms with van der Waals surface area (Å²) in [5.41, 5.74) is 0. The van der Waals surface area contributed by atoms with E-state index in [4.69, 9.17) is 4.84 Å². The third-order valence-corrected chi connectivity index (χ3v) is 1.50. The van der Waals surface area contributed by atoms with Gasteiger partial charge in [0, 0.05) is 13.1 Å². The van der Waals surface area contributed by atoms with Crippen LogP contribution in [0.2, 0.25) is 0 Å². The normalized spacial score (nSPS) is 12.5. The molecule has 0 aromatic heterocycles. The van der Waals surface area contributed by atoms with Gasteiger partial charge in [0.15, 0.2) is 0 Å². The van der Waals surface area contributed by atoms with E-state index in [2.05, 4.69) is 46.6 Å². The Morgan fingerprint density at radius 3 is 1.46 bits per heavy atom. The summed E-state index contributed by atoms with van der Waals surface area (Å²) in [6.07, 6.45) is 0.289. The fraction of sp³-hybridized carbons (Fsp3) is 1.00. The minimum absolute atomic E-state index is 0.289. The standard InChI is InChI=1S/C11H25NO/c1-9(2)7-12(8-10(3)4)13-11(5)6/h9-11H,7-8H2,1-6H3. The van der Waals surface area contributed by atoms with Gasteiger partial charge in [0.05, 0.1) is 6.10 Å². The van der Waals surface area contributed by atoms with E-state index in [1.807, 2.05) is 0 Å². The van der Waals surface area contributed by atoms with Gasteiger partial charge in [0.1, 0.15) is 0 Å². The number of rotatable bonds is 6. The molecular formula is C11H25NO. The maximum absolute atomic E-state index is 5.71. The van der Waals surface area contributed by atoms with Crippen molar-refractivity contribution in [3.63, 3.8) is 0 Å². The summed E-state index contributed by atoms with van der Waals surface area (Å²) in [5, 5.41) is 2.10. The van der Waals surface area contributed by atoms with Gasteiger partial charge in [-0.2, -0.15) is 5.06 Å². The predicted molar refractivity (Wildman–Crippen MR) is 57.5 cm³/mol. The average molecular weight is 187 g/mol. The monoisotopic (exact) mass is 187 g/mol. The van der Waals surface area contributed by atoms with E-state index in [0.29, 0.717) is 11.8 Å². The molecule has 0 aromatic rings. The first kappa shape index (κ1) is 12.9. The van der Waals surface area contributed by atoms with Crippen LogP contribution in [-0.4, -0.2) is 24.3 Å². The second-order valence-electron chi connectivity index (χ2n) is 4.79. The van der Waals surface area contributed by atoms with Gasteiger partial charge in [-0.25, -0.2) is 0 Å². The molecule has 0 saturated carbocycles. The highest BCUT2D eigenvalue weighted by Crippen LogP contribution is 2.06. The van der Waals surface area contributed by atoms with E-state index in [1.165, 1.54) is 0 Å². The number of nitrogens with zero attached hydrogens (tertiary/aromatic N) is 1. The number of hydrogen-bond acceptors (Lipinski definition) is 2. The SMILES string of the molecule is CC(C)CN(CC(C)C)OC(C)C. The molecule has 2 heteroatoms. The molecular weight excluding hydrogens is 162 g/mol. The van der Waals surface area contributed by atoms with Crippen LogP contribution in [0.15, 0.2) is 0 Å². The van der Waals surface area contributed by atoms with Crippen molar-refractivity contribution in [2.45, 2.75) is 47.6 Å². The first-order valence-electron chi connectivity index (χ1n) is 5.33. The molecule has 0 rings (SSSR count). The summed E-state index contributed by atoms with van der Waals surface area (Å²) in [4.78, 5) is 5.71. The van der Waals surface area contributed by atoms with E-state index in [-0.39, 0.29) is 6.10 Å². The van der Waals surface area contributed by atoms with Crippen molar-refractivity contribution >= 4 is 0 Å². The Morgan fingerprint density at radius 1 is 0.846 bits per heavy atom. The van der Waals surface area contributed by atoms with Crippen molar-refractivity contribution < 1.29 is 4.84 Å². The average Bonchev–Trinajstić information content (AvgIpc) is 1.80. The second-order valence-corrected chi connectivity index (χ2v) is 4.79. The molecule has 13 heavy (non-hydrogen) atoms. The zero-order valence-electron chi connectivity index (χ0n) is 10.0. The maximum Gasteiger partial charge on any atom is 0.0737 e. The first-order chi connectivity index (χ1) is 5.91. The Balaban J connectivity index is 3.87. The first-order valence-corrected chi connectivity index (χ1v) is 5.33. The molecule has 0 aliphatic rings. The maximum atomic E-state index is 5.71. The van der Waals surface area contributed by atoms with Gasteiger partial charge in [0.2, 0.25) is 0 Å². The van der Waals surface area contributed by atoms with Crippen LogP contribution >= 0.6 is 0 Å². The molecule has 0 saturated heterocycles. The smallest absolute Gasteiger partial charge is 0.0737 e. The van der Waals surface area contributed by atoms with Crippen LogP contribution < -0.4 is 0 Å². The molecule has 0 heterocycles. The van der Waals surface area contributed by atoms with Gasteiger partial charge in [-0.3, -0.25) is 4.84 Å². The van der Waals surface area contributed by atoms with Crippen molar-refractivity contribution in [3.05, 3.63) is 0 Å². The fourth-order valence-electron chi connectivity index (χ4n) is 1.27. The molecule has 2 nitrogen and oxygen atoms in total. The second kappa shape index (κ2) is 6.39. The van der Waals surface area contributed by atoms with Crippen LogP contribution in [0.5, 0.6) is 0 Å². The van der Waals surface area contributed by atoms with E-state index in [1.54, 1.807) is 0 Å². The van der Waals surface area contributed by atoms with Gasteiger partial charge in [-0.15, -0.1) is 0 Å². The van der Waals surface area contributed by atoms with Crippen molar-refractivity contribution in [1.29, 1.82) is 0 Å². The minimum Gasteiger partial charge on any atom is -0.296 e. The molecule has 0 spiro atoms. The fourth-order valence-corrected chi connectivity index (χ4v) is 1.27. The molecule has 0 aromatic carbocycles. The molecule has 0 amide bonds. The molecule has 0 radical (unpaired) electrons. The van der Waals surface area contributed by atoms with E-state index in [0.717, 1.165) is 13.1 Å². The van der Waals surface area contributed by atoms with Gasteiger partial charge in [-0.05, 0) is 25.7 Å². The Bertz CT molecular complexity index is 97.5. The lowest BCUT2D eigenvalue weighted by atomic mass is 10.2. The Hall–Kier alpha value is -0.0800. The topological polar surface area (TPSA) is 12.5 Å². The van der Waals surface area contributed by atoms with Crippen molar-refractivity contribution in [2.24, 2.45) is 11.8 Å². The molecule has 0 bridgehead atoms. The zero-order chi connectivity index (χ0) is 10.4. The highest BCUT2D eigenvalue weighted by atomic mass is 16.7. The molecule has 0 aliphatic carbocycles. The molecule has 0 unspecified atom stereocenters. The highest BCUT2D eigenvalue weighted by Gasteiger charge is 2.11. The molecule has 0 N–H and O–H groups in total. The summed E-state index contributed by atoms with van der Waals surface area (Å²) < 4.78 is 0. The van der Waals surface area contributed by atoms with E-state index in [9.17, 15) is 0 Å². The number of hydrogen-bond donors (Lipinski definition) is 0. The van der Waals surface area contributed by atoms with Crippen LogP contribution in [0, 0.1) is 11.8 Å². The summed E-state index contributed by atoms with van der Waals surface area (Å²) in [7, 11) is 0. The Kier molecular flexibility index (Phi) is 6.35. The van der Waals surface area contributed by atoms with Gasteiger partial charge < -0.3 is 0 Å². The molecule has 0 atom stereocenters. The van der Waals surface area contributed by atoms with Crippen LogP contribution in [0.25, 0.3) is 0 Å². The summed E-state index contributed by atoms with van der Waals surface area (Å²) in [5.74, 6) is 1.33. The largest absolute Gasteiger partial charge is 0.296 e. The van der Waals surface area contributed by atoms with Crippen LogP contribution in [-0.2, 0) is 4.84 Å². The lowest BCUT2D eigenvalue weighted by Crippen LogP contribution is -2.33. The summed E-state index contributed by atoms with van der Waals surface area (Å²) >= 11 is 0. The van der Waals surface area contributed by atoms with Crippen LogP contribution in [0.4, 0.5) is 0 Å². The highest BCUT2D eigenvalue weighted by molar-refractivity contribution is 4.54. The van der Waals surface area contributed by atoms with E-state index < -0.39 is 0 Å². The van der Waals surface area contributed by atoms with Gasteiger partial charge in [-0.1, -0.05) is 27.7 Å². The lowest BCUT2D eigenvalue weighted by Gasteiger charge is -2.27. The third-order valence-electron chi connectivity index (χ3n) is 1.50. The van der Waals surface area contributed by atoms with Crippen LogP contribution in [0.1, 0.15) is 41.5 Å². The third kappa shape index (κ3) is 8.26. The molecule has 80 valence electrons. The Morgan fingerprint density at radius 2 is 1.23 bits per heavy atom. The summed E-state index contributed by atoms with van der Waals surface area (Å²) in [6.45, 7) is 15.1. The van der Waals surface area contributed by atoms with E-state index >= 15 is 0 Å². The predicted octanol–water partition coefficient (Wildman–Crippen LogP) is 2.94.